The number of halogens is 1. The minimum atomic E-state index is -1.43. The average molecular weight is 406 g/mol. The molecule has 8 heteroatoms. The van der Waals surface area contributed by atoms with E-state index in [9.17, 15) is 14.7 Å². The molecule has 1 unspecified atom stereocenters. The standard InChI is InChI=1S/C18H12ClNO4S2/c19-14-9-20-15(16-13(26-14)6-7-25-16)12(24-18(22)23)8-11(17(20)21)10-4-2-1-3-5-10/h1-8,14H,9H2,(H,22,23). The van der Waals surface area contributed by atoms with E-state index in [0.29, 0.717) is 16.8 Å². The Kier molecular flexibility index (Phi) is 4.52. The minimum absolute atomic E-state index is 0.131. The van der Waals surface area contributed by atoms with Gasteiger partial charge in [0.2, 0.25) is 0 Å². The molecule has 1 aromatic carbocycles. The van der Waals surface area contributed by atoms with Gasteiger partial charge < -0.3 is 14.4 Å². The molecule has 0 amide bonds. The fourth-order valence-electron chi connectivity index (χ4n) is 2.93. The Hall–Kier alpha value is -2.22. The number of benzene rings is 1. The van der Waals surface area contributed by atoms with Gasteiger partial charge in [-0.1, -0.05) is 30.3 Å². The van der Waals surface area contributed by atoms with Crippen molar-refractivity contribution in [2.45, 2.75) is 16.1 Å². The molecule has 3 aromatic rings. The molecular formula is C18H12ClNO4S2. The summed E-state index contributed by atoms with van der Waals surface area (Å²) in [5.74, 6) is 0.131. The van der Waals surface area contributed by atoms with Crippen molar-refractivity contribution in [3.63, 3.8) is 0 Å². The van der Waals surface area contributed by atoms with Crippen LogP contribution in [0.1, 0.15) is 0 Å². The zero-order valence-corrected chi connectivity index (χ0v) is 15.6. The zero-order chi connectivity index (χ0) is 18.3. The Morgan fingerprint density at radius 3 is 2.77 bits per heavy atom. The van der Waals surface area contributed by atoms with Gasteiger partial charge in [-0.2, -0.15) is 0 Å². The molecule has 1 aliphatic rings. The van der Waals surface area contributed by atoms with E-state index < -0.39 is 6.16 Å². The summed E-state index contributed by atoms with van der Waals surface area (Å²) in [5.41, 5.74) is 1.30. The van der Waals surface area contributed by atoms with Gasteiger partial charge in [0.1, 0.15) is 10.4 Å². The van der Waals surface area contributed by atoms with Gasteiger partial charge in [0, 0.05) is 4.90 Å². The number of hydrogen-bond donors (Lipinski definition) is 1. The van der Waals surface area contributed by atoms with Crippen molar-refractivity contribution < 1.29 is 14.6 Å². The number of thiophene rings is 1. The summed E-state index contributed by atoms with van der Waals surface area (Å²) >= 11 is 9.28. The molecule has 26 heavy (non-hydrogen) atoms. The van der Waals surface area contributed by atoms with E-state index in [0.717, 1.165) is 9.77 Å². The van der Waals surface area contributed by atoms with Gasteiger partial charge >= 0.3 is 6.16 Å². The average Bonchev–Trinajstić information content (AvgIpc) is 3.00. The number of rotatable bonds is 2. The van der Waals surface area contributed by atoms with Crippen LogP contribution in [-0.4, -0.2) is 20.5 Å². The van der Waals surface area contributed by atoms with Crippen molar-refractivity contribution in [3.8, 4) is 27.4 Å². The summed E-state index contributed by atoms with van der Waals surface area (Å²) in [5, 5.41) is 11.1. The van der Waals surface area contributed by atoms with Crippen LogP contribution in [0.15, 0.2) is 57.5 Å². The second-order valence-corrected chi connectivity index (χ2v) is 8.51. The van der Waals surface area contributed by atoms with Crippen LogP contribution < -0.4 is 10.3 Å². The molecule has 0 radical (unpaired) electrons. The lowest BCUT2D eigenvalue weighted by Gasteiger charge is -2.16. The number of alkyl halides is 1. The fourth-order valence-corrected chi connectivity index (χ4v) is 5.42. The molecule has 4 rings (SSSR count). The van der Waals surface area contributed by atoms with Crippen LogP contribution in [-0.2, 0) is 6.54 Å². The predicted octanol–water partition coefficient (Wildman–Crippen LogP) is 4.97. The molecule has 0 saturated carbocycles. The number of nitrogens with zero attached hydrogens (tertiary/aromatic N) is 1. The van der Waals surface area contributed by atoms with E-state index >= 15 is 0 Å². The summed E-state index contributed by atoms with van der Waals surface area (Å²) in [6.45, 7) is 0.248. The van der Waals surface area contributed by atoms with Crippen LogP contribution >= 0.6 is 34.7 Å². The van der Waals surface area contributed by atoms with Crippen LogP contribution in [0, 0.1) is 0 Å². The van der Waals surface area contributed by atoms with Gasteiger partial charge in [0.25, 0.3) is 5.56 Å². The first kappa shape index (κ1) is 17.2. The fraction of sp³-hybridized carbons (Fsp3) is 0.111. The quantitative estimate of drug-likeness (QED) is 0.481. The number of fused-ring (bicyclic) bond motifs is 3. The molecular weight excluding hydrogens is 394 g/mol. The Morgan fingerprint density at radius 1 is 1.27 bits per heavy atom. The number of aromatic nitrogens is 1. The Balaban J connectivity index is 2.05. The van der Waals surface area contributed by atoms with Gasteiger partial charge in [-0.25, -0.2) is 4.79 Å². The van der Waals surface area contributed by atoms with E-state index in [2.05, 4.69) is 0 Å². The number of carbonyl (C=O) groups is 1. The molecule has 1 aliphatic heterocycles. The van der Waals surface area contributed by atoms with E-state index in [1.54, 1.807) is 12.1 Å². The molecule has 5 nitrogen and oxygen atoms in total. The van der Waals surface area contributed by atoms with Crippen molar-refractivity contribution in [2.24, 2.45) is 0 Å². The maximum Gasteiger partial charge on any atom is 0.511 e. The number of thioether (sulfide) groups is 1. The van der Waals surface area contributed by atoms with Crippen LogP contribution in [0.2, 0.25) is 0 Å². The Bertz CT molecular complexity index is 1050. The van der Waals surface area contributed by atoms with E-state index in [1.165, 1.54) is 33.7 Å². The Labute approximate surface area is 161 Å². The smallest absolute Gasteiger partial charge is 0.449 e. The third-order valence-corrected chi connectivity index (χ3v) is 6.42. The summed E-state index contributed by atoms with van der Waals surface area (Å²) < 4.78 is 6.22. The highest BCUT2D eigenvalue weighted by Gasteiger charge is 2.28. The van der Waals surface area contributed by atoms with Crippen molar-refractivity contribution in [3.05, 3.63) is 58.2 Å². The molecule has 0 fully saturated rings. The predicted molar refractivity (Wildman–Crippen MR) is 104 cm³/mol. The van der Waals surface area contributed by atoms with E-state index in [-0.39, 0.29) is 22.6 Å². The number of ether oxygens (including phenoxy) is 1. The van der Waals surface area contributed by atoms with Crippen molar-refractivity contribution in [1.82, 2.24) is 4.57 Å². The van der Waals surface area contributed by atoms with Crippen LogP contribution in [0.5, 0.6) is 5.75 Å². The topological polar surface area (TPSA) is 68.5 Å². The summed E-state index contributed by atoms with van der Waals surface area (Å²) in [6, 6.07) is 12.5. The van der Waals surface area contributed by atoms with Gasteiger partial charge in [-0.05, 0) is 23.1 Å². The lowest BCUT2D eigenvalue weighted by molar-refractivity contribution is 0.144. The van der Waals surface area contributed by atoms with Crippen LogP contribution in [0.4, 0.5) is 4.79 Å². The first-order valence-corrected chi connectivity index (χ1v) is 9.87. The SMILES string of the molecule is O=C(O)Oc1cc(-c2ccccc2)c(=O)n2c1-c1sccc1SC(Cl)C2. The molecule has 1 atom stereocenters. The largest absolute Gasteiger partial charge is 0.511 e. The van der Waals surface area contributed by atoms with Crippen molar-refractivity contribution in [2.75, 3.05) is 0 Å². The molecule has 0 bridgehead atoms. The van der Waals surface area contributed by atoms with E-state index in [1.807, 2.05) is 29.6 Å². The third kappa shape index (κ3) is 3.02. The number of pyridine rings is 1. The molecule has 0 aliphatic carbocycles. The third-order valence-electron chi connectivity index (χ3n) is 3.96. The second kappa shape index (κ2) is 6.83. The normalized spacial score (nSPS) is 15.7. The zero-order valence-electron chi connectivity index (χ0n) is 13.2. The highest BCUT2D eigenvalue weighted by atomic mass is 35.5. The molecule has 0 saturated heterocycles. The molecule has 3 heterocycles. The van der Waals surface area contributed by atoms with Gasteiger partial charge in [0.15, 0.2) is 5.75 Å². The highest BCUT2D eigenvalue weighted by Crippen LogP contribution is 2.46. The summed E-state index contributed by atoms with van der Waals surface area (Å²) in [6.07, 6.45) is -1.43. The maximum absolute atomic E-state index is 13.2. The minimum Gasteiger partial charge on any atom is -0.449 e. The number of hydrogen-bond acceptors (Lipinski definition) is 5. The molecule has 0 spiro atoms. The first-order valence-electron chi connectivity index (χ1n) is 7.67. The van der Waals surface area contributed by atoms with Gasteiger partial charge in [-0.15, -0.1) is 34.7 Å². The summed E-state index contributed by atoms with van der Waals surface area (Å²) in [4.78, 5) is 26.1. The molecule has 2 aromatic heterocycles. The number of carboxylic acid groups (broad SMARTS) is 1. The highest BCUT2D eigenvalue weighted by molar-refractivity contribution is 8.01. The van der Waals surface area contributed by atoms with Gasteiger partial charge in [-0.3, -0.25) is 4.79 Å². The maximum atomic E-state index is 13.2. The van der Waals surface area contributed by atoms with Crippen molar-refractivity contribution >= 4 is 40.9 Å². The lowest BCUT2D eigenvalue weighted by atomic mass is 10.1. The monoisotopic (exact) mass is 405 g/mol. The lowest BCUT2D eigenvalue weighted by Crippen LogP contribution is -2.26. The Morgan fingerprint density at radius 2 is 2.04 bits per heavy atom. The van der Waals surface area contributed by atoms with Gasteiger partial charge in [0.05, 0.1) is 17.0 Å². The molecule has 132 valence electrons. The van der Waals surface area contributed by atoms with Crippen LogP contribution in [0.3, 0.4) is 0 Å². The first-order chi connectivity index (χ1) is 12.5. The van der Waals surface area contributed by atoms with E-state index in [4.69, 9.17) is 16.3 Å². The second-order valence-electron chi connectivity index (χ2n) is 5.56. The van der Waals surface area contributed by atoms with Crippen molar-refractivity contribution in [1.29, 1.82) is 0 Å². The molecule has 1 N–H and O–H groups in total. The summed E-state index contributed by atoms with van der Waals surface area (Å²) in [7, 11) is 0. The van der Waals surface area contributed by atoms with Crippen LogP contribution in [0.25, 0.3) is 21.7 Å².